The number of Topliss-reactive ketones (excluding diaryl/α,β-unsaturated/α-hetero) is 1. The SMILES string of the molecule is CC1(C)C2=C(C(=O)c3ccc(OCCCS(=O)(=O)N4CCOCC4)cc31)c1ccc(C#N)cc1C2. The lowest BCUT2D eigenvalue weighted by Crippen LogP contribution is -2.42. The Balaban J connectivity index is 1.31. The van der Waals surface area contributed by atoms with Crippen molar-refractivity contribution in [3.8, 4) is 11.8 Å². The highest BCUT2D eigenvalue weighted by atomic mass is 32.2. The highest BCUT2D eigenvalue weighted by Gasteiger charge is 2.43. The minimum Gasteiger partial charge on any atom is -0.494 e. The van der Waals surface area contributed by atoms with E-state index >= 15 is 0 Å². The van der Waals surface area contributed by atoms with E-state index in [9.17, 15) is 18.5 Å². The molecule has 0 aromatic heterocycles. The molecule has 0 radical (unpaired) electrons. The normalized spacial score (nSPS) is 19.1. The van der Waals surface area contributed by atoms with Crippen LogP contribution in [0.3, 0.4) is 0 Å². The molecule has 8 heteroatoms. The Morgan fingerprint density at radius 3 is 2.60 bits per heavy atom. The van der Waals surface area contributed by atoms with E-state index in [0.717, 1.165) is 27.8 Å². The highest BCUT2D eigenvalue weighted by molar-refractivity contribution is 7.89. The first-order valence-electron chi connectivity index (χ1n) is 11.9. The van der Waals surface area contributed by atoms with Gasteiger partial charge in [-0.15, -0.1) is 0 Å². The van der Waals surface area contributed by atoms with Crippen molar-refractivity contribution in [2.45, 2.75) is 32.1 Å². The fraction of sp³-hybridized carbons (Fsp3) is 0.407. The van der Waals surface area contributed by atoms with E-state index in [1.165, 1.54) is 4.31 Å². The molecule has 2 aromatic carbocycles. The first-order valence-corrected chi connectivity index (χ1v) is 13.5. The van der Waals surface area contributed by atoms with Crippen LogP contribution >= 0.6 is 0 Å². The van der Waals surface area contributed by atoms with Crippen molar-refractivity contribution in [2.24, 2.45) is 0 Å². The first kappa shape index (κ1) is 23.7. The van der Waals surface area contributed by atoms with Gasteiger partial charge in [-0.05, 0) is 65.4 Å². The van der Waals surface area contributed by atoms with Gasteiger partial charge >= 0.3 is 0 Å². The predicted molar refractivity (Wildman–Crippen MR) is 132 cm³/mol. The number of ketones is 1. The molecule has 182 valence electrons. The lowest BCUT2D eigenvalue weighted by molar-refractivity contribution is 0.0730. The van der Waals surface area contributed by atoms with Crippen molar-refractivity contribution < 1.29 is 22.7 Å². The smallest absolute Gasteiger partial charge is 0.214 e. The van der Waals surface area contributed by atoms with E-state index in [-0.39, 0.29) is 23.6 Å². The molecule has 1 saturated heterocycles. The van der Waals surface area contributed by atoms with E-state index in [0.29, 0.717) is 56.0 Å². The number of carbonyl (C=O) groups is 1. The van der Waals surface area contributed by atoms with Crippen LogP contribution in [0, 0.1) is 11.3 Å². The Bertz CT molecular complexity index is 1380. The largest absolute Gasteiger partial charge is 0.494 e. The number of allylic oxidation sites excluding steroid dienone is 2. The van der Waals surface area contributed by atoms with Crippen LogP contribution in [-0.2, 0) is 26.6 Å². The van der Waals surface area contributed by atoms with Crippen molar-refractivity contribution in [1.29, 1.82) is 5.26 Å². The maximum atomic E-state index is 13.5. The molecule has 0 N–H and O–H groups in total. The zero-order valence-corrected chi connectivity index (χ0v) is 20.8. The number of ether oxygens (including phenoxy) is 2. The zero-order chi connectivity index (χ0) is 24.8. The molecule has 5 rings (SSSR count). The standard InChI is InChI=1S/C27H28N2O5S/c1-27(2)23-16-20(34-10-3-13-35(31,32)29-8-11-33-12-9-29)5-7-22(23)26(30)25-21-6-4-18(17-28)14-19(21)15-24(25)27/h4-7,14,16H,3,8-13,15H2,1-2H3. The molecule has 0 saturated carbocycles. The maximum Gasteiger partial charge on any atom is 0.214 e. The number of morpholine rings is 1. The molecule has 0 amide bonds. The molecule has 1 aliphatic heterocycles. The van der Waals surface area contributed by atoms with Gasteiger partial charge in [0.05, 0.1) is 37.2 Å². The summed E-state index contributed by atoms with van der Waals surface area (Å²) in [5, 5.41) is 9.27. The Labute approximate surface area is 206 Å². The average molecular weight is 493 g/mol. The molecule has 1 fully saturated rings. The number of benzene rings is 2. The molecule has 0 spiro atoms. The number of nitriles is 1. The van der Waals surface area contributed by atoms with Crippen LogP contribution in [0.4, 0.5) is 0 Å². The molecule has 2 aromatic rings. The van der Waals surface area contributed by atoms with Gasteiger partial charge in [-0.25, -0.2) is 8.42 Å². The summed E-state index contributed by atoms with van der Waals surface area (Å²) in [6, 6.07) is 13.2. The van der Waals surface area contributed by atoms with Crippen LogP contribution < -0.4 is 4.74 Å². The Morgan fingerprint density at radius 1 is 1.11 bits per heavy atom. The van der Waals surface area contributed by atoms with Crippen LogP contribution in [-0.4, -0.2) is 57.2 Å². The van der Waals surface area contributed by atoms with Gasteiger partial charge in [-0.2, -0.15) is 9.57 Å². The summed E-state index contributed by atoms with van der Waals surface area (Å²) in [6.07, 6.45) is 1.02. The topological polar surface area (TPSA) is 96.7 Å². The zero-order valence-electron chi connectivity index (χ0n) is 20.0. The van der Waals surface area contributed by atoms with E-state index < -0.39 is 10.0 Å². The van der Waals surface area contributed by atoms with E-state index in [1.807, 2.05) is 24.3 Å². The van der Waals surface area contributed by atoms with E-state index in [2.05, 4.69) is 19.9 Å². The number of hydrogen-bond acceptors (Lipinski definition) is 6. The minimum atomic E-state index is -3.32. The second-order valence-corrected chi connectivity index (χ2v) is 11.8. The third-order valence-electron chi connectivity index (χ3n) is 7.24. The Kier molecular flexibility index (Phi) is 6.04. The molecule has 0 atom stereocenters. The molecular formula is C27H28N2O5S. The summed E-state index contributed by atoms with van der Waals surface area (Å²) in [4.78, 5) is 13.5. The van der Waals surface area contributed by atoms with Crippen molar-refractivity contribution in [1.82, 2.24) is 4.31 Å². The molecule has 2 aliphatic carbocycles. The van der Waals surface area contributed by atoms with E-state index in [4.69, 9.17) is 9.47 Å². The van der Waals surface area contributed by atoms with Crippen molar-refractivity contribution in [3.63, 3.8) is 0 Å². The van der Waals surface area contributed by atoms with Crippen molar-refractivity contribution in [3.05, 3.63) is 69.8 Å². The molecular weight excluding hydrogens is 464 g/mol. The van der Waals surface area contributed by atoms with Gasteiger partial charge in [-0.3, -0.25) is 4.79 Å². The van der Waals surface area contributed by atoms with Gasteiger partial charge in [-0.1, -0.05) is 19.9 Å². The summed E-state index contributed by atoms with van der Waals surface area (Å²) in [6.45, 7) is 6.16. The predicted octanol–water partition coefficient (Wildman–Crippen LogP) is 3.47. The first-order chi connectivity index (χ1) is 16.7. The van der Waals surface area contributed by atoms with Crippen LogP contribution in [0.1, 0.15) is 52.9 Å². The maximum absolute atomic E-state index is 13.5. The van der Waals surface area contributed by atoms with Crippen LogP contribution in [0.2, 0.25) is 0 Å². The average Bonchev–Trinajstić information content (AvgIpc) is 3.26. The number of hydrogen-bond donors (Lipinski definition) is 0. The number of rotatable bonds is 6. The molecule has 0 unspecified atom stereocenters. The molecule has 7 nitrogen and oxygen atoms in total. The number of fused-ring (bicyclic) bond motifs is 3. The van der Waals surface area contributed by atoms with Crippen molar-refractivity contribution >= 4 is 21.4 Å². The number of carbonyl (C=O) groups excluding carboxylic acids is 1. The van der Waals surface area contributed by atoms with Crippen molar-refractivity contribution in [2.75, 3.05) is 38.7 Å². The summed E-state index contributed by atoms with van der Waals surface area (Å²) in [5.74, 6) is 0.654. The third kappa shape index (κ3) is 4.18. The van der Waals surface area contributed by atoms with Gasteiger partial charge < -0.3 is 9.47 Å². The lowest BCUT2D eigenvalue weighted by Gasteiger charge is -2.34. The molecule has 35 heavy (non-hydrogen) atoms. The second kappa shape index (κ2) is 8.90. The monoisotopic (exact) mass is 492 g/mol. The van der Waals surface area contributed by atoms with Gasteiger partial charge in [0.1, 0.15) is 5.75 Å². The second-order valence-electron chi connectivity index (χ2n) is 9.71. The third-order valence-corrected chi connectivity index (χ3v) is 9.20. The Hall–Kier alpha value is -2.99. The lowest BCUT2D eigenvalue weighted by atomic mass is 9.68. The summed E-state index contributed by atoms with van der Waals surface area (Å²) in [5.41, 5.74) is 5.53. The fourth-order valence-electron chi connectivity index (χ4n) is 5.30. The van der Waals surface area contributed by atoms with E-state index in [1.54, 1.807) is 12.1 Å². The summed E-state index contributed by atoms with van der Waals surface area (Å²) in [7, 11) is -3.32. The van der Waals surface area contributed by atoms with Gasteiger partial charge in [0.25, 0.3) is 0 Å². The Morgan fingerprint density at radius 2 is 1.86 bits per heavy atom. The summed E-state index contributed by atoms with van der Waals surface area (Å²) < 4.78 is 37.6. The van der Waals surface area contributed by atoms with Crippen LogP contribution in [0.25, 0.3) is 5.57 Å². The molecule has 1 heterocycles. The highest BCUT2D eigenvalue weighted by Crippen LogP contribution is 2.50. The van der Waals surface area contributed by atoms with Gasteiger partial charge in [0.15, 0.2) is 5.78 Å². The number of nitrogens with zero attached hydrogens (tertiary/aromatic N) is 2. The quantitative estimate of drug-likeness (QED) is 0.573. The van der Waals surface area contributed by atoms with Gasteiger partial charge in [0, 0.05) is 29.6 Å². The molecule has 0 bridgehead atoms. The fourth-order valence-corrected chi connectivity index (χ4v) is 6.74. The molecule has 3 aliphatic rings. The van der Waals surface area contributed by atoms with Crippen LogP contribution in [0.5, 0.6) is 5.75 Å². The number of sulfonamides is 1. The minimum absolute atomic E-state index is 0.000868. The van der Waals surface area contributed by atoms with Crippen LogP contribution in [0.15, 0.2) is 42.0 Å². The van der Waals surface area contributed by atoms with Gasteiger partial charge in [0.2, 0.25) is 10.0 Å². The summed E-state index contributed by atoms with van der Waals surface area (Å²) >= 11 is 0.